The fourth-order valence-corrected chi connectivity index (χ4v) is 4.41. The van der Waals surface area contributed by atoms with E-state index in [4.69, 9.17) is 0 Å². The number of fused-ring (bicyclic) bond motifs is 1. The van der Waals surface area contributed by atoms with Crippen molar-refractivity contribution < 1.29 is 9.59 Å². The number of nitrogens with zero attached hydrogens (tertiary/aromatic N) is 4. The van der Waals surface area contributed by atoms with Crippen molar-refractivity contribution in [3.8, 4) is 0 Å². The second kappa shape index (κ2) is 5.97. The highest BCUT2D eigenvalue weighted by Gasteiger charge is 2.41. The van der Waals surface area contributed by atoms with E-state index in [0.29, 0.717) is 49.2 Å². The molecule has 1 unspecified atom stereocenters. The fourth-order valence-electron chi connectivity index (χ4n) is 4.41. The largest absolute Gasteiger partial charge is 0.339 e. The van der Waals surface area contributed by atoms with Gasteiger partial charge in [-0.2, -0.15) is 0 Å². The summed E-state index contributed by atoms with van der Waals surface area (Å²) in [6, 6.07) is 0.317. The molecule has 0 bridgehead atoms. The number of likely N-dealkylation sites (tertiary alicyclic amines) is 1. The maximum atomic E-state index is 12.9. The summed E-state index contributed by atoms with van der Waals surface area (Å²) in [6.07, 6.45) is 4.75. The maximum absolute atomic E-state index is 12.9. The van der Waals surface area contributed by atoms with Gasteiger partial charge in [-0.1, -0.05) is 12.8 Å². The quantitative estimate of drug-likeness (QED) is 0.792. The normalized spacial score (nSPS) is 23.6. The van der Waals surface area contributed by atoms with Crippen LogP contribution in [-0.4, -0.2) is 43.8 Å². The zero-order chi connectivity index (χ0) is 17.7. The number of hydrogen-bond donors (Lipinski definition) is 0. The maximum Gasteiger partial charge on any atom is 0.258 e. The van der Waals surface area contributed by atoms with Gasteiger partial charge in [0.1, 0.15) is 5.82 Å². The Morgan fingerprint density at radius 1 is 1.16 bits per heavy atom. The molecule has 3 heterocycles. The first-order valence-electron chi connectivity index (χ1n) is 9.09. The third-order valence-electron chi connectivity index (χ3n) is 5.97. The average Bonchev–Trinajstić information content (AvgIpc) is 3.30. The summed E-state index contributed by atoms with van der Waals surface area (Å²) in [5.41, 5.74) is 1.23. The Balaban J connectivity index is 1.48. The molecule has 4 rings (SSSR count). The second-order valence-electron chi connectivity index (χ2n) is 7.53. The highest BCUT2D eigenvalue weighted by Crippen LogP contribution is 2.31. The Morgan fingerprint density at radius 3 is 2.60 bits per heavy atom. The van der Waals surface area contributed by atoms with Gasteiger partial charge in [0.2, 0.25) is 11.8 Å². The second-order valence-corrected chi connectivity index (χ2v) is 7.53. The topological polar surface area (TPSA) is 75.5 Å². The van der Waals surface area contributed by atoms with Crippen molar-refractivity contribution in [1.29, 1.82) is 0 Å². The summed E-state index contributed by atoms with van der Waals surface area (Å²) in [7, 11) is 1.70. The summed E-state index contributed by atoms with van der Waals surface area (Å²) < 4.78 is 1.52. The van der Waals surface area contributed by atoms with E-state index in [-0.39, 0.29) is 23.3 Å². The molecule has 134 valence electrons. The lowest BCUT2D eigenvalue weighted by Gasteiger charge is -2.25. The molecule has 0 spiro atoms. The van der Waals surface area contributed by atoms with Crippen molar-refractivity contribution in [1.82, 2.24) is 19.4 Å². The van der Waals surface area contributed by atoms with Gasteiger partial charge in [0.05, 0.1) is 30.3 Å². The van der Waals surface area contributed by atoms with Crippen molar-refractivity contribution in [2.45, 2.75) is 58.2 Å². The van der Waals surface area contributed by atoms with Gasteiger partial charge in [-0.3, -0.25) is 19.0 Å². The van der Waals surface area contributed by atoms with Crippen LogP contribution in [0.5, 0.6) is 0 Å². The van der Waals surface area contributed by atoms with E-state index in [1.165, 1.54) is 17.4 Å². The van der Waals surface area contributed by atoms with Crippen LogP contribution in [0, 0.1) is 12.8 Å². The first-order valence-corrected chi connectivity index (χ1v) is 9.09. The first kappa shape index (κ1) is 16.3. The van der Waals surface area contributed by atoms with Crippen LogP contribution in [0.1, 0.15) is 49.2 Å². The Labute approximate surface area is 146 Å². The lowest BCUT2D eigenvalue weighted by molar-refractivity contribution is -0.136. The van der Waals surface area contributed by atoms with Gasteiger partial charge in [-0.15, -0.1) is 0 Å². The minimum absolute atomic E-state index is 0.0217. The van der Waals surface area contributed by atoms with E-state index in [9.17, 15) is 14.4 Å². The van der Waals surface area contributed by atoms with Crippen molar-refractivity contribution in [3.05, 3.63) is 27.4 Å². The molecule has 1 saturated heterocycles. The van der Waals surface area contributed by atoms with Crippen LogP contribution in [-0.2, 0) is 29.7 Å². The van der Waals surface area contributed by atoms with Crippen LogP contribution in [0.4, 0.5) is 0 Å². The number of hydrogen-bond acceptors (Lipinski definition) is 4. The summed E-state index contributed by atoms with van der Waals surface area (Å²) in [5, 5.41) is 0. The summed E-state index contributed by atoms with van der Waals surface area (Å²) in [5.74, 6) is 0.451. The van der Waals surface area contributed by atoms with Crippen LogP contribution in [0.2, 0.25) is 0 Å². The summed E-state index contributed by atoms with van der Waals surface area (Å²) >= 11 is 0. The minimum atomic E-state index is -0.285. The highest BCUT2D eigenvalue weighted by molar-refractivity contribution is 5.89. The Bertz CT molecular complexity index is 794. The van der Waals surface area contributed by atoms with Gasteiger partial charge >= 0.3 is 0 Å². The lowest BCUT2D eigenvalue weighted by Crippen LogP contribution is -2.37. The lowest BCUT2D eigenvalue weighted by atomic mass is 10.1. The molecule has 7 heteroatoms. The average molecular weight is 344 g/mol. The Kier molecular flexibility index (Phi) is 3.89. The molecule has 0 N–H and O–H groups in total. The molecule has 2 amide bonds. The molecule has 1 aromatic rings. The molecule has 2 aliphatic heterocycles. The van der Waals surface area contributed by atoms with Crippen LogP contribution >= 0.6 is 0 Å². The molecular weight excluding hydrogens is 320 g/mol. The first-order chi connectivity index (χ1) is 12.0. The predicted octanol–water partition coefficient (Wildman–Crippen LogP) is 0.722. The standard InChI is InChI=1S/C18H24N4O3/c1-11-19-15-10-21(9-14(15)18(25)20(11)2)17(24)12-7-16(23)22(8-12)13-5-3-4-6-13/h12-13H,3-10H2,1-2H3. The number of carbonyl (C=O) groups excluding carboxylic acids is 2. The molecule has 2 fully saturated rings. The highest BCUT2D eigenvalue weighted by atomic mass is 16.2. The SMILES string of the molecule is Cc1nc2c(c(=O)n1C)CN(C(=O)C1CC(=O)N(C3CCCC3)C1)C2. The molecule has 0 radical (unpaired) electrons. The van der Waals surface area contributed by atoms with E-state index in [1.54, 1.807) is 18.9 Å². The Hall–Kier alpha value is -2.18. The van der Waals surface area contributed by atoms with Crippen LogP contribution in [0.3, 0.4) is 0 Å². The van der Waals surface area contributed by atoms with E-state index < -0.39 is 0 Å². The van der Waals surface area contributed by atoms with Gasteiger partial charge < -0.3 is 9.80 Å². The van der Waals surface area contributed by atoms with Gasteiger partial charge in [-0.05, 0) is 19.8 Å². The molecule has 1 saturated carbocycles. The monoisotopic (exact) mass is 344 g/mol. The van der Waals surface area contributed by atoms with Crippen LogP contribution < -0.4 is 5.56 Å². The molecule has 0 aromatic carbocycles. The van der Waals surface area contributed by atoms with Gasteiger partial charge in [-0.25, -0.2) is 4.98 Å². The molecular formula is C18H24N4O3. The molecule has 7 nitrogen and oxygen atoms in total. The molecule has 1 aromatic heterocycles. The third kappa shape index (κ3) is 2.65. The van der Waals surface area contributed by atoms with E-state index in [2.05, 4.69) is 4.98 Å². The number of rotatable bonds is 2. The van der Waals surface area contributed by atoms with E-state index in [1.807, 2.05) is 4.90 Å². The minimum Gasteiger partial charge on any atom is -0.339 e. The molecule has 3 aliphatic rings. The molecule has 25 heavy (non-hydrogen) atoms. The third-order valence-corrected chi connectivity index (χ3v) is 5.97. The summed E-state index contributed by atoms with van der Waals surface area (Å²) in [6.45, 7) is 3.00. The zero-order valence-electron chi connectivity index (χ0n) is 14.8. The van der Waals surface area contributed by atoms with Crippen molar-refractivity contribution in [2.75, 3.05) is 6.54 Å². The zero-order valence-corrected chi connectivity index (χ0v) is 14.8. The van der Waals surface area contributed by atoms with Crippen LogP contribution in [0.15, 0.2) is 4.79 Å². The number of aryl methyl sites for hydroxylation is 1. The van der Waals surface area contributed by atoms with Gasteiger partial charge in [0, 0.05) is 26.1 Å². The Morgan fingerprint density at radius 2 is 1.88 bits per heavy atom. The molecule has 1 aliphatic carbocycles. The fraction of sp³-hybridized carbons (Fsp3) is 0.667. The predicted molar refractivity (Wildman–Crippen MR) is 90.5 cm³/mol. The number of aromatic nitrogens is 2. The summed E-state index contributed by atoms with van der Waals surface area (Å²) in [4.78, 5) is 45.7. The van der Waals surface area contributed by atoms with Gasteiger partial charge in [0.25, 0.3) is 5.56 Å². The number of amides is 2. The van der Waals surface area contributed by atoms with Gasteiger partial charge in [0.15, 0.2) is 0 Å². The number of carbonyl (C=O) groups is 2. The van der Waals surface area contributed by atoms with Crippen molar-refractivity contribution in [2.24, 2.45) is 13.0 Å². The smallest absolute Gasteiger partial charge is 0.258 e. The van der Waals surface area contributed by atoms with E-state index >= 15 is 0 Å². The van der Waals surface area contributed by atoms with Crippen molar-refractivity contribution in [3.63, 3.8) is 0 Å². The molecule has 1 atom stereocenters. The van der Waals surface area contributed by atoms with Crippen molar-refractivity contribution >= 4 is 11.8 Å². The van der Waals surface area contributed by atoms with Crippen LogP contribution in [0.25, 0.3) is 0 Å². The van der Waals surface area contributed by atoms with E-state index in [0.717, 1.165) is 12.8 Å².